The van der Waals surface area contributed by atoms with E-state index in [4.69, 9.17) is 14.2 Å². The molecule has 0 rings (SSSR count). The van der Waals surface area contributed by atoms with Crippen LogP contribution in [0.1, 0.15) is 323 Å². The third kappa shape index (κ3) is 58.0. The van der Waals surface area contributed by atoms with E-state index < -0.39 is 6.10 Å². The highest BCUT2D eigenvalue weighted by Crippen LogP contribution is 2.17. The lowest BCUT2D eigenvalue weighted by Crippen LogP contribution is -2.30. The predicted molar refractivity (Wildman–Crippen MR) is 312 cm³/mol. The molecular weight excluding hydrogens is 889 g/mol. The first-order valence-corrected chi connectivity index (χ1v) is 31.3. The van der Waals surface area contributed by atoms with Crippen LogP contribution in [0.15, 0.2) is 60.8 Å². The van der Waals surface area contributed by atoms with E-state index in [0.29, 0.717) is 19.3 Å². The number of hydrogen-bond acceptors (Lipinski definition) is 6. The standard InChI is InChI=1S/C66H118O6/c1-4-7-10-13-16-19-22-25-27-29-31-32-33-35-36-38-41-44-47-50-53-56-59-65(68)71-62-63(61-70-64(67)58-55-52-49-46-43-40-24-21-18-15-12-9-6-3)72-66(69)60-57-54-51-48-45-42-39-37-34-30-28-26-23-20-17-14-11-8-5-2/h9,12,17-18,20-21,26,28,40,43,63H,4-8,10-11,13-16,19,22-25,27,29-39,41-42,44-62H2,1-3H3/b12-9-,20-17-,21-18-,28-26-,43-40-. The first-order valence-electron chi connectivity index (χ1n) is 31.3. The molecule has 1 atom stereocenters. The number of carbonyl (C=O) groups excluding carboxylic acids is 3. The third-order valence-electron chi connectivity index (χ3n) is 13.8. The number of allylic oxidation sites excluding steroid dienone is 10. The van der Waals surface area contributed by atoms with Gasteiger partial charge in [-0.2, -0.15) is 0 Å². The second-order valence-electron chi connectivity index (χ2n) is 20.9. The Morgan fingerprint density at radius 1 is 0.292 bits per heavy atom. The average Bonchev–Trinajstić information content (AvgIpc) is 3.38. The Hall–Kier alpha value is -2.89. The molecule has 0 aromatic heterocycles. The van der Waals surface area contributed by atoms with Crippen molar-refractivity contribution in [2.75, 3.05) is 13.2 Å². The van der Waals surface area contributed by atoms with Gasteiger partial charge in [0.25, 0.3) is 0 Å². The van der Waals surface area contributed by atoms with E-state index in [2.05, 4.69) is 81.5 Å². The van der Waals surface area contributed by atoms with E-state index in [1.807, 2.05) is 0 Å². The molecule has 0 N–H and O–H groups in total. The highest BCUT2D eigenvalue weighted by atomic mass is 16.6. The Morgan fingerprint density at radius 2 is 0.542 bits per heavy atom. The molecule has 0 spiro atoms. The summed E-state index contributed by atoms with van der Waals surface area (Å²) in [4.78, 5) is 38.2. The number of carbonyl (C=O) groups is 3. The van der Waals surface area contributed by atoms with Crippen molar-refractivity contribution >= 4 is 17.9 Å². The molecule has 0 aliphatic heterocycles. The molecular formula is C66H118O6. The van der Waals surface area contributed by atoms with Crippen molar-refractivity contribution in [3.05, 3.63) is 60.8 Å². The van der Waals surface area contributed by atoms with E-state index in [1.54, 1.807) is 0 Å². The van der Waals surface area contributed by atoms with Gasteiger partial charge in [0, 0.05) is 19.3 Å². The van der Waals surface area contributed by atoms with Gasteiger partial charge in [-0.15, -0.1) is 0 Å². The molecule has 0 aromatic rings. The maximum atomic E-state index is 12.9. The lowest BCUT2D eigenvalue weighted by molar-refractivity contribution is -0.167. The molecule has 0 aliphatic carbocycles. The van der Waals surface area contributed by atoms with Gasteiger partial charge in [-0.05, 0) is 83.5 Å². The molecule has 0 saturated carbocycles. The van der Waals surface area contributed by atoms with Crippen LogP contribution < -0.4 is 0 Å². The molecule has 0 aliphatic rings. The normalized spacial score (nSPS) is 12.4. The maximum Gasteiger partial charge on any atom is 0.306 e. The van der Waals surface area contributed by atoms with Crippen LogP contribution in [-0.2, 0) is 28.6 Å². The molecule has 0 radical (unpaired) electrons. The minimum atomic E-state index is -0.788. The van der Waals surface area contributed by atoms with Crippen LogP contribution in [0.2, 0.25) is 0 Å². The minimum absolute atomic E-state index is 0.0824. The number of ether oxygens (including phenoxy) is 3. The monoisotopic (exact) mass is 1010 g/mol. The van der Waals surface area contributed by atoms with Crippen LogP contribution in [0.4, 0.5) is 0 Å². The predicted octanol–water partition coefficient (Wildman–Crippen LogP) is 21.2. The lowest BCUT2D eigenvalue weighted by Gasteiger charge is -2.18. The summed E-state index contributed by atoms with van der Waals surface area (Å²) in [5, 5.41) is 0. The summed E-state index contributed by atoms with van der Waals surface area (Å²) in [6, 6.07) is 0. The highest BCUT2D eigenvalue weighted by molar-refractivity contribution is 5.71. The van der Waals surface area contributed by atoms with Gasteiger partial charge < -0.3 is 14.2 Å². The van der Waals surface area contributed by atoms with Crippen molar-refractivity contribution in [1.82, 2.24) is 0 Å². The fourth-order valence-corrected chi connectivity index (χ4v) is 9.08. The van der Waals surface area contributed by atoms with Crippen molar-refractivity contribution in [2.45, 2.75) is 329 Å². The van der Waals surface area contributed by atoms with Crippen molar-refractivity contribution in [3.8, 4) is 0 Å². The second kappa shape index (κ2) is 60.7. The number of esters is 3. The van der Waals surface area contributed by atoms with E-state index >= 15 is 0 Å². The van der Waals surface area contributed by atoms with Gasteiger partial charge >= 0.3 is 17.9 Å². The molecule has 0 bridgehead atoms. The average molecular weight is 1010 g/mol. The Morgan fingerprint density at radius 3 is 0.889 bits per heavy atom. The Bertz CT molecular complexity index is 1290. The first kappa shape index (κ1) is 69.1. The number of unbranched alkanes of at least 4 members (excludes halogenated alkanes) is 36. The molecule has 418 valence electrons. The van der Waals surface area contributed by atoms with Gasteiger partial charge in [0.2, 0.25) is 0 Å². The third-order valence-corrected chi connectivity index (χ3v) is 13.8. The molecule has 0 aromatic carbocycles. The lowest BCUT2D eigenvalue weighted by atomic mass is 10.0. The summed E-state index contributed by atoms with van der Waals surface area (Å²) in [5.41, 5.74) is 0. The summed E-state index contributed by atoms with van der Waals surface area (Å²) < 4.78 is 16.9. The van der Waals surface area contributed by atoms with Crippen LogP contribution in [0.5, 0.6) is 0 Å². The quantitative estimate of drug-likeness (QED) is 0.0261. The molecule has 0 heterocycles. The Kier molecular flexibility index (Phi) is 58.2. The molecule has 6 heteroatoms. The Balaban J connectivity index is 4.31. The van der Waals surface area contributed by atoms with E-state index in [1.165, 1.54) is 193 Å². The fourth-order valence-electron chi connectivity index (χ4n) is 9.08. The van der Waals surface area contributed by atoms with E-state index in [9.17, 15) is 14.4 Å². The van der Waals surface area contributed by atoms with Crippen LogP contribution in [0, 0.1) is 0 Å². The van der Waals surface area contributed by atoms with Gasteiger partial charge in [-0.25, -0.2) is 0 Å². The van der Waals surface area contributed by atoms with Gasteiger partial charge in [0.1, 0.15) is 13.2 Å². The van der Waals surface area contributed by atoms with Crippen LogP contribution in [-0.4, -0.2) is 37.2 Å². The smallest absolute Gasteiger partial charge is 0.306 e. The van der Waals surface area contributed by atoms with Gasteiger partial charge in [-0.1, -0.05) is 281 Å². The zero-order valence-corrected chi connectivity index (χ0v) is 47.9. The number of hydrogen-bond donors (Lipinski definition) is 0. The molecule has 0 saturated heterocycles. The zero-order chi connectivity index (χ0) is 52.2. The summed E-state index contributed by atoms with van der Waals surface area (Å²) in [5.74, 6) is -0.901. The molecule has 72 heavy (non-hydrogen) atoms. The van der Waals surface area contributed by atoms with Crippen molar-refractivity contribution in [3.63, 3.8) is 0 Å². The largest absolute Gasteiger partial charge is 0.462 e. The summed E-state index contributed by atoms with van der Waals surface area (Å²) in [6.07, 6.45) is 76.6. The molecule has 0 fully saturated rings. The van der Waals surface area contributed by atoms with E-state index in [0.717, 1.165) is 89.9 Å². The summed E-state index contributed by atoms with van der Waals surface area (Å²) in [6.45, 7) is 6.52. The Labute approximate surface area is 447 Å². The summed E-state index contributed by atoms with van der Waals surface area (Å²) >= 11 is 0. The highest BCUT2D eigenvalue weighted by Gasteiger charge is 2.19. The minimum Gasteiger partial charge on any atom is -0.462 e. The van der Waals surface area contributed by atoms with Crippen molar-refractivity contribution in [2.24, 2.45) is 0 Å². The fraction of sp³-hybridized carbons (Fsp3) is 0.803. The van der Waals surface area contributed by atoms with Gasteiger partial charge in [-0.3, -0.25) is 14.4 Å². The van der Waals surface area contributed by atoms with Gasteiger partial charge in [0.15, 0.2) is 6.10 Å². The first-order chi connectivity index (χ1) is 35.5. The zero-order valence-electron chi connectivity index (χ0n) is 47.9. The molecule has 6 nitrogen and oxygen atoms in total. The topological polar surface area (TPSA) is 78.9 Å². The van der Waals surface area contributed by atoms with E-state index in [-0.39, 0.29) is 31.1 Å². The van der Waals surface area contributed by atoms with Crippen LogP contribution >= 0.6 is 0 Å². The molecule has 1 unspecified atom stereocenters. The van der Waals surface area contributed by atoms with Crippen molar-refractivity contribution < 1.29 is 28.6 Å². The number of rotatable bonds is 57. The molecule has 0 amide bonds. The van der Waals surface area contributed by atoms with Gasteiger partial charge in [0.05, 0.1) is 0 Å². The van der Waals surface area contributed by atoms with Crippen LogP contribution in [0.3, 0.4) is 0 Å². The summed E-state index contributed by atoms with van der Waals surface area (Å²) in [7, 11) is 0. The van der Waals surface area contributed by atoms with Crippen LogP contribution in [0.25, 0.3) is 0 Å². The maximum absolute atomic E-state index is 12.9. The second-order valence-corrected chi connectivity index (χ2v) is 20.9. The SMILES string of the molecule is CC/C=C\C/C=C\C/C=C\CCCCCC(=O)OCC(COC(=O)CCCCCCCCCCCCCCCCCCCCCCCC)OC(=O)CCCCCCCCCCC/C=C\C/C=C\CCCCC. The van der Waals surface area contributed by atoms with Crippen molar-refractivity contribution in [1.29, 1.82) is 0 Å².